The summed E-state index contributed by atoms with van der Waals surface area (Å²) in [6.07, 6.45) is 1.77. The first-order chi connectivity index (χ1) is 11.5. The van der Waals surface area contributed by atoms with Crippen molar-refractivity contribution in [2.45, 2.75) is 0 Å². The average Bonchev–Trinajstić information content (AvgIpc) is 2.85. The minimum Gasteiger partial charge on any atom is -0.496 e. The van der Waals surface area contributed by atoms with E-state index in [9.17, 15) is 4.79 Å². The highest BCUT2D eigenvalue weighted by atomic mass is 35.5. The molecule has 1 aliphatic rings. The summed E-state index contributed by atoms with van der Waals surface area (Å²) < 4.78 is 5.76. The predicted molar refractivity (Wildman–Crippen MR) is 105 cm³/mol. The Morgan fingerprint density at radius 3 is 2.62 bits per heavy atom. The van der Waals surface area contributed by atoms with Crippen molar-refractivity contribution in [3.05, 3.63) is 63.0 Å². The Morgan fingerprint density at radius 1 is 1.17 bits per heavy atom. The summed E-state index contributed by atoms with van der Waals surface area (Å²) in [4.78, 5) is 14.7. The van der Waals surface area contributed by atoms with E-state index in [0.29, 0.717) is 30.7 Å². The number of ether oxygens (including phenoxy) is 1. The second-order valence-corrected chi connectivity index (χ2v) is 7.35. The van der Waals surface area contributed by atoms with Crippen molar-refractivity contribution >= 4 is 69.2 Å². The number of methoxy groups -OCH3 is 1. The zero-order chi connectivity index (χ0) is 17.3. The fraction of sp³-hybridized carbons (Fsp3) is 0.0588. The van der Waals surface area contributed by atoms with Crippen LogP contribution in [0.1, 0.15) is 5.56 Å². The van der Waals surface area contributed by atoms with Crippen molar-refractivity contribution in [3.63, 3.8) is 0 Å². The van der Waals surface area contributed by atoms with E-state index in [4.69, 9.17) is 40.2 Å². The maximum Gasteiger partial charge on any atom is 0.270 e. The Hall–Kier alpha value is -1.53. The Kier molecular flexibility index (Phi) is 5.15. The molecule has 2 aromatic rings. The number of para-hydroxylation sites is 1. The van der Waals surface area contributed by atoms with E-state index in [0.717, 1.165) is 5.56 Å². The van der Waals surface area contributed by atoms with Crippen molar-refractivity contribution in [2.75, 3.05) is 12.0 Å². The van der Waals surface area contributed by atoms with Gasteiger partial charge in [-0.3, -0.25) is 9.69 Å². The molecule has 0 radical (unpaired) electrons. The summed E-state index contributed by atoms with van der Waals surface area (Å²) in [5.41, 5.74) is 1.41. The van der Waals surface area contributed by atoms with Gasteiger partial charge in [0, 0.05) is 5.56 Å². The summed E-state index contributed by atoms with van der Waals surface area (Å²) in [5.74, 6) is 0.492. The number of nitrogens with zero attached hydrogens (tertiary/aromatic N) is 1. The lowest BCUT2D eigenvalue weighted by Crippen LogP contribution is -2.27. The number of anilines is 1. The summed E-state index contributed by atoms with van der Waals surface area (Å²) >= 11 is 18.6. The number of carbonyl (C=O) groups is 1. The van der Waals surface area contributed by atoms with E-state index in [1.165, 1.54) is 16.7 Å². The number of halogens is 2. The minimum atomic E-state index is -0.200. The van der Waals surface area contributed by atoms with Gasteiger partial charge < -0.3 is 4.74 Å². The number of thioether (sulfide) groups is 1. The lowest BCUT2D eigenvalue weighted by molar-refractivity contribution is -0.113. The maximum atomic E-state index is 12.7. The number of hydrogen-bond acceptors (Lipinski definition) is 4. The van der Waals surface area contributed by atoms with Gasteiger partial charge in [0.2, 0.25) is 0 Å². The van der Waals surface area contributed by atoms with Crippen LogP contribution in [0.5, 0.6) is 5.75 Å². The standard InChI is InChI=1S/C17H11Cl2NO2S2/c1-22-14-5-3-2-4-10(14)8-15-16(21)20(17(23)24-15)11-6-7-12(18)13(19)9-11/h2-9H,1H3. The Morgan fingerprint density at radius 2 is 1.92 bits per heavy atom. The monoisotopic (exact) mass is 395 g/mol. The average molecular weight is 396 g/mol. The molecule has 3 nitrogen and oxygen atoms in total. The highest BCUT2D eigenvalue weighted by Gasteiger charge is 2.33. The number of benzene rings is 2. The molecule has 0 atom stereocenters. The summed E-state index contributed by atoms with van der Waals surface area (Å²) in [6.45, 7) is 0. The number of hydrogen-bond donors (Lipinski definition) is 0. The van der Waals surface area contributed by atoms with Crippen LogP contribution in [0.4, 0.5) is 5.69 Å². The SMILES string of the molecule is COc1ccccc1C=C1SC(=S)N(c2ccc(Cl)c(Cl)c2)C1=O. The summed E-state index contributed by atoms with van der Waals surface area (Å²) in [6, 6.07) is 12.5. The second-order valence-electron chi connectivity index (χ2n) is 4.86. The van der Waals surface area contributed by atoms with Crippen molar-refractivity contribution in [3.8, 4) is 5.75 Å². The molecule has 0 spiro atoms. The molecule has 1 fully saturated rings. The van der Waals surface area contributed by atoms with Crippen LogP contribution in [0.2, 0.25) is 10.0 Å². The molecule has 0 saturated carbocycles. The third kappa shape index (κ3) is 3.30. The smallest absolute Gasteiger partial charge is 0.270 e. The highest BCUT2D eigenvalue weighted by molar-refractivity contribution is 8.27. The van der Waals surface area contributed by atoms with Crippen molar-refractivity contribution in [1.29, 1.82) is 0 Å². The molecule has 24 heavy (non-hydrogen) atoms. The fourth-order valence-corrected chi connectivity index (χ4v) is 3.82. The van der Waals surface area contributed by atoms with E-state index >= 15 is 0 Å². The van der Waals surface area contributed by atoms with Gasteiger partial charge in [-0.1, -0.05) is 65.4 Å². The van der Waals surface area contributed by atoms with Gasteiger partial charge in [-0.15, -0.1) is 0 Å². The first-order valence-electron chi connectivity index (χ1n) is 6.87. The van der Waals surface area contributed by atoms with Crippen LogP contribution in [0.25, 0.3) is 6.08 Å². The molecule has 0 aromatic heterocycles. The van der Waals surface area contributed by atoms with Crippen molar-refractivity contribution in [1.82, 2.24) is 0 Å². The molecule has 0 bridgehead atoms. The summed E-state index contributed by atoms with van der Waals surface area (Å²) in [7, 11) is 1.59. The van der Waals surface area contributed by atoms with Gasteiger partial charge in [0.25, 0.3) is 5.91 Å². The van der Waals surface area contributed by atoms with Gasteiger partial charge in [-0.05, 0) is 30.3 Å². The predicted octanol–water partition coefficient (Wildman–Crippen LogP) is 5.41. The van der Waals surface area contributed by atoms with Gasteiger partial charge in [-0.25, -0.2) is 0 Å². The lowest BCUT2D eigenvalue weighted by atomic mass is 10.2. The molecular formula is C17H11Cl2NO2S2. The molecule has 7 heteroatoms. The van der Waals surface area contributed by atoms with Crippen molar-refractivity contribution in [2.24, 2.45) is 0 Å². The Bertz CT molecular complexity index is 867. The molecule has 1 saturated heterocycles. The molecule has 122 valence electrons. The molecule has 1 aliphatic heterocycles. The third-order valence-electron chi connectivity index (χ3n) is 3.38. The first kappa shape index (κ1) is 17.3. The largest absolute Gasteiger partial charge is 0.496 e. The van der Waals surface area contributed by atoms with E-state index in [-0.39, 0.29) is 5.91 Å². The molecular weight excluding hydrogens is 385 g/mol. The van der Waals surface area contributed by atoms with E-state index < -0.39 is 0 Å². The maximum absolute atomic E-state index is 12.7. The molecule has 3 rings (SSSR count). The van der Waals surface area contributed by atoms with Gasteiger partial charge in [0.15, 0.2) is 4.32 Å². The topological polar surface area (TPSA) is 29.5 Å². The lowest BCUT2D eigenvalue weighted by Gasteiger charge is -2.15. The Balaban J connectivity index is 1.97. The third-order valence-corrected chi connectivity index (χ3v) is 5.42. The fourth-order valence-electron chi connectivity index (χ4n) is 2.24. The number of thiocarbonyl (C=S) groups is 1. The number of carbonyl (C=O) groups excluding carboxylic acids is 1. The van der Waals surface area contributed by atoms with Crippen molar-refractivity contribution < 1.29 is 9.53 Å². The van der Waals surface area contributed by atoms with Crippen LogP contribution in [-0.4, -0.2) is 17.3 Å². The molecule has 1 heterocycles. The highest BCUT2D eigenvalue weighted by Crippen LogP contribution is 2.38. The molecule has 0 aliphatic carbocycles. The van der Waals surface area contributed by atoms with Crippen LogP contribution in [0.15, 0.2) is 47.4 Å². The minimum absolute atomic E-state index is 0.200. The normalized spacial score (nSPS) is 16.1. The van der Waals surface area contributed by atoms with Gasteiger partial charge in [0.05, 0.1) is 27.7 Å². The van der Waals surface area contributed by atoms with Crippen LogP contribution in [0.3, 0.4) is 0 Å². The van der Waals surface area contributed by atoms with Crippen LogP contribution in [0, 0.1) is 0 Å². The van der Waals surface area contributed by atoms with Crippen LogP contribution in [-0.2, 0) is 4.79 Å². The summed E-state index contributed by atoms with van der Waals surface area (Å²) in [5, 5.41) is 0.798. The second kappa shape index (κ2) is 7.15. The molecule has 0 N–H and O–H groups in total. The van der Waals surface area contributed by atoms with E-state index in [1.54, 1.807) is 31.4 Å². The van der Waals surface area contributed by atoms with Crippen LogP contribution >= 0.6 is 47.2 Å². The molecule has 0 unspecified atom stereocenters. The first-order valence-corrected chi connectivity index (χ1v) is 8.85. The zero-order valence-electron chi connectivity index (χ0n) is 12.5. The molecule has 2 aromatic carbocycles. The Labute approximate surface area is 159 Å². The number of amides is 1. The van der Waals surface area contributed by atoms with Gasteiger partial charge >= 0.3 is 0 Å². The van der Waals surface area contributed by atoms with E-state index in [1.807, 2.05) is 24.3 Å². The van der Waals surface area contributed by atoms with Gasteiger partial charge in [0.1, 0.15) is 5.75 Å². The van der Waals surface area contributed by atoms with Crippen LogP contribution < -0.4 is 9.64 Å². The zero-order valence-corrected chi connectivity index (χ0v) is 15.6. The quantitative estimate of drug-likeness (QED) is 0.513. The van der Waals surface area contributed by atoms with E-state index in [2.05, 4.69) is 0 Å². The molecule has 1 amide bonds. The number of rotatable bonds is 3. The van der Waals surface area contributed by atoms with Gasteiger partial charge in [-0.2, -0.15) is 0 Å².